The third-order valence-electron chi connectivity index (χ3n) is 2.58. The molecule has 0 bridgehead atoms. The molecule has 1 aromatic carbocycles. The zero-order valence-electron chi connectivity index (χ0n) is 8.98. The van der Waals surface area contributed by atoms with Crippen molar-refractivity contribution in [1.29, 1.82) is 0 Å². The van der Waals surface area contributed by atoms with Crippen LogP contribution in [0.25, 0.3) is 0 Å². The monoisotopic (exact) mass is 280 g/mol. The second kappa shape index (κ2) is 4.44. The Morgan fingerprint density at radius 1 is 1.38 bits per heavy atom. The van der Waals surface area contributed by atoms with Crippen molar-refractivity contribution in [3.05, 3.63) is 58.5 Å². The second-order valence-electron chi connectivity index (χ2n) is 4.09. The van der Waals surface area contributed by atoms with E-state index < -0.39 is 5.60 Å². The Morgan fingerprint density at radius 2 is 2.19 bits per heavy atom. The molecule has 2 aromatic rings. The smallest absolute Gasteiger partial charge is 0.0963 e. The van der Waals surface area contributed by atoms with Crippen LogP contribution in [-0.2, 0) is 12.0 Å². The van der Waals surface area contributed by atoms with Gasteiger partial charge in [-0.2, -0.15) is 0 Å². The van der Waals surface area contributed by atoms with E-state index in [0.717, 1.165) is 15.6 Å². The van der Waals surface area contributed by atoms with Gasteiger partial charge in [0.1, 0.15) is 0 Å². The maximum absolute atomic E-state index is 10.3. The van der Waals surface area contributed by atoms with Gasteiger partial charge in [-0.25, -0.2) is 0 Å². The molecule has 1 unspecified atom stereocenters. The zero-order chi connectivity index (χ0) is 11.6. The van der Waals surface area contributed by atoms with Crippen LogP contribution >= 0.6 is 15.9 Å². The lowest BCUT2D eigenvalue weighted by Crippen LogP contribution is -2.23. The van der Waals surface area contributed by atoms with Crippen molar-refractivity contribution in [3.8, 4) is 0 Å². The summed E-state index contributed by atoms with van der Waals surface area (Å²) >= 11 is 3.42. The Hall–Kier alpha value is -1.06. The third kappa shape index (κ3) is 2.54. The molecule has 2 rings (SSSR count). The summed E-state index contributed by atoms with van der Waals surface area (Å²) in [4.78, 5) is 0. The highest BCUT2D eigenvalue weighted by molar-refractivity contribution is 9.10. The third-order valence-corrected chi connectivity index (χ3v) is 3.07. The van der Waals surface area contributed by atoms with Crippen LogP contribution in [0.2, 0.25) is 0 Å². The van der Waals surface area contributed by atoms with Gasteiger partial charge in [-0.05, 0) is 30.7 Å². The summed E-state index contributed by atoms with van der Waals surface area (Å²) in [6.07, 6.45) is 3.72. The molecule has 0 aliphatic heterocycles. The van der Waals surface area contributed by atoms with Gasteiger partial charge in [0, 0.05) is 16.5 Å². The highest BCUT2D eigenvalue weighted by Gasteiger charge is 2.24. The number of benzene rings is 1. The van der Waals surface area contributed by atoms with Crippen molar-refractivity contribution in [3.63, 3.8) is 0 Å². The van der Waals surface area contributed by atoms with Crippen LogP contribution in [0.3, 0.4) is 0 Å². The van der Waals surface area contributed by atoms with E-state index in [2.05, 4.69) is 15.9 Å². The van der Waals surface area contributed by atoms with Gasteiger partial charge in [0.15, 0.2) is 0 Å². The van der Waals surface area contributed by atoms with E-state index in [1.807, 2.05) is 24.3 Å². The van der Waals surface area contributed by atoms with Crippen molar-refractivity contribution < 1.29 is 9.52 Å². The van der Waals surface area contributed by atoms with E-state index in [1.54, 1.807) is 25.5 Å². The minimum absolute atomic E-state index is 0.561. The number of rotatable bonds is 3. The number of furan rings is 1. The fourth-order valence-electron chi connectivity index (χ4n) is 1.72. The maximum Gasteiger partial charge on any atom is 0.0963 e. The minimum atomic E-state index is -0.895. The van der Waals surface area contributed by atoms with Crippen LogP contribution in [0.1, 0.15) is 18.1 Å². The Labute approximate surface area is 103 Å². The first kappa shape index (κ1) is 11.4. The first-order valence-electron chi connectivity index (χ1n) is 5.07. The standard InChI is InChI=1S/C13H13BrO2/c1-13(15,11-5-6-16-9-11)8-10-3-2-4-12(14)7-10/h2-7,9,15H,8H2,1H3. The van der Waals surface area contributed by atoms with Crippen LogP contribution in [0.5, 0.6) is 0 Å². The summed E-state index contributed by atoms with van der Waals surface area (Å²) in [6.45, 7) is 1.79. The molecule has 0 radical (unpaired) electrons. The topological polar surface area (TPSA) is 33.4 Å². The first-order chi connectivity index (χ1) is 7.58. The zero-order valence-corrected chi connectivity index (χ0v) is 10.6. The lowest BCUT2D eigenvalue weighted by Gasteiger charge is -2.21. The van der Waals surface area contributed by atoms with Crippen molar-refractivity contribution >= 4 is 15.9 Å². The highest BCUT2D eigenvalue weighted by Crippen LogP contribution is 2.26. The number of aliphatic hydroxyl groups is 1. The molecule has 84 valence electrons. The van der Waals surface area contributed by atoms with Gasteiger partial charge in [-0.15, -0.1) is 0 Å². The van der Waals surface area contributed by atoms with Gasteiger partial charge in [-0.3, -0.25) is 0 Å². The predicted molar refractivity (Wildman–Crippen MR) is 66.1 cm³/mol. The van der Waals surface area contributed by atoms with Crippen LogP contribution in [0, 0.1) is 0 Å². The Morgan fingerprint density at radius 3 is 2.81 bits per heavy atom. The molecule has 2 nitrogen and oxygen atoms in total. The van der Waals surface area contributed by atoms with E-state index in [1.165, 1.54) is 0 Å². The van der Waals surface area contributed by atoms with Gasteiger partial charge in [-0.1, -0.05) is 28.1 Å². The van der Waals surface area contributed by atoms with E-state index in [4.69, 9.17) is 4.42 Å². The van der Waals surface area contributed by atoms with Crippen LogP contribution in [0.4, 0.5) is 0 Å². The largest absolute Gasteiger partial charge is 0.472 e. The molecule has 16 heavy (non-hydrogen) atoms. The van der Waals surface area contributed by atoms with Crippen molar-refractivity contribution in [2.75, 3.05) is 0 Å². The van der Waals surface area contributed by atoms with Gasteiger partial charge in [0.25, 0.3) is 0 Å². The predicted octanol–water partition coefficient (Wildman–Crippen LogP) is 3.49. The molecule has 0 aliphatic rings. The molecule has 1 aromatic heterocycles. The Kier molecular flexibility index (Phi) is 3.17. The quantitative estimate of drug-likeness (QED) is 0.934. The molecule has 1 heterocycles. The normalized spacial score (nSPS) is 14.7. The number of hydrogen-bond donors (Lipinski definition) is 1. The summed E-state index contributed by atoms with van der Waals surface area (Å²) in [5.74, 6) is 0. The Bertz CT molecular complexity index is 461. The van der Waals surface area contributed by atoms with Crippen LogP contribution < -0.4 is 0 Å². The minimum Gasteiger partial charge on any atom is -0.472 e. The van der Waals surface area contributed by atoms with E-state index >= 15 is 0 Å². The molecular weight excluding hydrogens is 268 g/mol. The molecule has 1 N–H and O–H groups in total. The average molecular weight is 281 g/mol. The average Bonchev–Trinajstić information content (AvgIpc) is 2.69. The summed E-state index contributed by atoms with van der Waals surface area (Å²) < 4.78 is 6.01. The molecule has 0 saturated carbocycles. The molecule has 0 spiro atoms. The molecular formula is C13H13BrO2. The number of hydrogen-bond acceptors (Lipinski definition) is 2. The fraction of sp³-hybridized carbons (Fsp3) is 0.231. The molecule has 0 amide bonds. The van der Waals surface area contributed by atoms with Crippen LogP contribution in [0.15, 0.2) is 51.7 Å². The fourth-order valence-corrected chi connectivity index (χ4v) is 2.16. The molecule has 0 fully saturated rings. The van der Waals surface area contributed by atoms with Crippen LogP contribution in [-0.4, -0.2) is 5.11 Å². The number of halogens is 1. The molecule has 1 atom stereocenters. The van der Waals surface area contributed by atoms with Gasteiger partial charge in [0.2, 0.25) is 0 Å². The van der Waals surface area contributed by atoms with Gasteiger partial charge in [0.05, 0.1) is 18.1 Å². The summed E-state index contributed by atoms with van der Waals surface area (Å²) in [7, 11) is 0. The lowest BCUT2D eigenvalue weighted by molar-refractivity contribution is 0.0570. The SMILES string of the molecule is CC(O)(Cc1cccc(Br)c1)c1ccoc1. The first-order valence-corrected chi connectivity index (χ1v) is 5.87. The van der Waals surface area contributed by atoms with Crippen molar-refractivity contribution in [2.45, 2.75) is 18.9 Å². The molecule has 0 aliphatic carbocycles. The summed E-state index contributed by atoms with van der Waals surface area (Å²) in [6, 6.07) is 9.73. The Balaban J connectivity index is 2.21. The molecule has 0 saturated heterocycles. The lowest BCUT2D eigenvalue weighted by atomic mass is 9.91. The van der Waals surface area contributed by atoms with E-state index in [0.29, 0.717) is 6.42 Å². The summed E-state index contributed by atoms with van der Waals surface area (Å²) in [5, 5.41) is 10.3. The highest BCUT2D eigenvalue weighted by atomic mass is 79.9. The van der Waals surface area contributed by atoms with Crippen molar-refractivity contribution in [2.24, 2.45) is 0 Å². The van der Waals surface area contributed by atoms with Gasteiger partial charge >= 0.3 is 0 Å². The maximum atomic E-state index is 10.3. The molecule has 3 heteroatoms. The van der Waals surface area contributed by atoms with Crippen molar-refractivity contribution in [1.82, 2.24) is 0 Å². The van der Waals surface area contributed by atoms with Gasteiger partial charge < -0.3 is 9.52 Å². The van der Waals surface area contributed by atoms with E-state index in [-0.39, 0.29) is 0 Å². The second-order valence-corrected chi connectivity index (χ2v) is 5.01. The van der Waals surface area contributed by atoms with E-state index in [9.17, 15) is 5.11 Å². The summed E-state index contributed by atoms with van der Waals surface area (Å²) in [5.41, 5.74) is 0.987.